The summed E-state index contributed by atoms with van der Waals surface area (Å²) in [5.41, 5.74) is 1.95. The zero-order valence-corrected chi connectivity index (χ0v) is 20.3. The maximum atomic E-state index is 13.6. The second-order valence-electron chi connectivity index (χ2n) is 8.81. The lowest BCUT2D eigenvalue weighted by molar-refractivity contribution is -0.139. The van der Waals surface area contributed by atoms with Crippen molar-refractivity contribution in [2.75, 3.05) is 25.0 Å². The van der Waals surface area contributed by atoms with Crippen molar-refractivity contribution < 1.29 is 9.59 Å². The number of hydrogen-bond donors (Lipinski definition) is 1. The number of carbonyl (C=O) groups is 2. The Hall–Kier alpha value is -2.13. The SMILES string of the molecule is CC1CN(c2ccc(Br)cc2)C2NC3C(C(=O)N(Cc4ccc(Cl)cc4)C(=O)N3C)N2C1. The highest BCUT2D eigenvalue weighted by Gasteiger charge is 2.56. The third-order valence-corrected chi connectivity index (χ3v) is 7.28. The first-order valence-corrected chi connectivity index (χ1v) is 11.9. The van der Waals surface area contributed by atoms with Gasteiger partial charge in [-0.1, -0.05) is 46.6 Å². The minimum atomic E-state index is -0.435. The maximum absolute atomic E-state index is 13.6. The van der Waals surface area contributed by atoms with E-state index in [0.29, 0.717) is 10.9 Å². The normalized spacial score (nSPS) is 28.2. The number of anilines is 1. The minimum Gasteiger partial charge on any atom is -0.343 e. The van der Waals surface area contributed by atoms with Crippen molar-refractivity contribution in [3.05, 3.63) is 63.6 Å². The third kappa shape index (κ3) is 3.69. The number of urea groups is 1. The van der Waals surface area contributed by atoms with Gasteiger partial charge in [-0.2, -0.15) is 0 Å². The van der Waals surface area contributed by atoms with Crippen molar-refractivity contribution >= 4 is 45.2 Å². The predicted octanol–water partition coefficient (Wildman–Crippen LogP) is 3.54. The summed E-state index contributed by atoms with van der Waals surface area (Å²) >= 11 is 9.49. The number of likely N-dealkylation sites (N-methyl/N-ethyl adjacent to an activating group) is 1. The molecule has 3 fully saturated rings. The summed E-state index contributed by atoms with van der Waals surface area (Å²) in [7, 11) is 1.76. The fourth-order valence-corrected chi connectivity index (χ4v) is 5.36. The number of fused-ring (bicyclic) bond motifs is 3. The van der Waals surface area contributed by atoms with Gasteiger partial charge in [-0.25, -0.2) is 4.79 Å². The topological polar surface area (TPSA) is 59.1 Å². The van der Waals surface area contributed by atoms with E-state index in [9.17, 15) is 9.59 Å². The molecule has 2 aromatic carbocycles. The molecule has 3 aliphatic heterocycles. The van der Waals surface area contributed by atoms with E-state index in [1.807, 2.05) is 24.3 Å². The molecule has 5 rings (SSSR count). The van der Waals surface area contributed by atoms with Gasteiger partial charge in [0.15, 0.2) is 0 Å². The van der Waals surface area contributed by atoms with Crippen molar-refractivity contribution in [2.24, 2.45) is 5.92 Å². The monoisotopic (exact) mass is 517 g/mol. The quantitative estimate of drug-likeness (QED) is 0.674. The summed E-state index contributed by atoms with van der Waals surface area (Å²) < 4.78 is 1.02. The number of benzene rings is 2. The van der Waals surface area contributed by atoms with Crippen LogP contribution in [0.3, 0.4) is 0 Å². The summed E-state index contributed by atoms with van der Waals surface area (Å²) in [6.07, 6.45) is -0.526. The van der Waals surface area contributed by atoms with Crippen molar-refractivity contribution in [3.63, 3.8) is 0 Å². The number of halogens is 2. The second kappa shape index (κ2) is 8.33. The van der Waals surface area contributed by atoms with Gasteiger partial charge in [-0.15, -0.1) is 0 Å². The molecule has 0 spiro atoms. The molecular formula is C23H25BrClN5O2. The van der Waals surface area contributed by atoms with Gasteiger partial charge in [0.2, 0.25) is 0 Å². The highest BCUT2D eigenvalue weighted by atomic mass is 79.9. The van der Waals surface area contributed by atoms with Gasteiger partial charge in [-0.3, -0.25) is 19.9 Å². The van der Waals surface area contributed by atoms with E-state index in [1.54, 1.807) is 24.1 Å². The fourth-order valence-electron chi connectivity index (χ4n) is 4.97. The van der Waals surface area contributed by atoms with Crippen molar-refractivity contribution in [1.29, 1.82) is 0 Å². The Balaban J connectivity index is 1.45. The number of hydrogen-bond acceptors (Lipinski definition) is 5. The van der Waals surface area contributed by atoms with E-state index in [2.05, 4.69) is 50.1 Å². The summed E-state index contributed by atoms with van der Waals surface area (Å²) in [5, 5.41) is 4.19. The first kappa shape index (κ1) is 21.7. The van der Waals surface area contributed by atoms with Crippen LogP contribution in [0.1, 0.15) is 12.5 Å². The molecule has 3 heterocycles. The predicted molar refractivity (Wildman–Crippen MR) is 127 cm³/mol. The van der Waals surface area contributed by atoms with Gasteiger partial charge in [0, 0.05) is 35.3 Å². The van der Waals surface area contributed by atoms with Gasteiger partial charge in [0.05, 0.1) is 6.54 Å². The second-order valence-corrected chi connectivity index (χ2v) is 10.2. The molecule has 9 heteroatoms. The van der Waals surface area contributed by atoms with Crippen LogP contribution in [0.25, 0.3) is 0 Å². The van der Waals surface area contributed by atoms with Crippen LogP contribution in [0.2, 0.25) is 5.02 Å². The number of imide groups is 1. The van der Waals surface area contributed by atoms with Crippen molar-refractivity contribution in [2.45, 2.75) is 32.0 Å². The number of rotatable bonds is 3. The molecule has 1 N–H and O–H groups in total. The molecule has 0 aliphatic carbocycles. The van der Waals surface area contributed by atoms with Gasteiger partial charge < -0.3 is 9.80 Å². The summed E-state index contributed by atoms with van der Waals surface area (Å²) in [6, 6.07) is 14.7. The summed E-state index contributed by atoms with van der Waals surface area (Å²) in [4.78, 5) is 34.3. The summed E-state index contributed by atoms with van der Waals surface area (Å²) in [5.74, 6) is 0.212. The molecule has 2 aromatic rings. The highest BCUT2D eigenvalue weighted by Crippen LogP contribution is 2.35. The molecule has 32 heavy (non-hydrogen) atoms. The molecule has 0 saturated carbocycles. The van der Waals surface area contributed by atoms with Gasteiger partial charge >= 0.3 is 6.03 Å². The Kier molecular flexibility index (Phi) is 5.65. The number of nitrogens with zero attached hydrogens (tertiary/aromatic N) is 4. The first-order chi connectivity index (χ1) is 15.3. The number of amides is 3. The van der Waals surface area contributed by atoms with Crippen molar-refractivity contribution in [1.82, 2.24) is 20.0 Å². The first-order valence-electron chi connectivity index (χ1n) is 10.7. The summed E-state index contributed by atoms with van der Waals surface area (Å²) in [6.45, 7) is 4.08. The van der Waals surface area contributed by atoms with E-state index in [0.717, 1.165) is 28.8 Å². The zero-order chi connectivity index (χ0) is 22.6. The average Bonchev–Trinajstić information content (AvgIpc) is 3.16. The molecule has 168 valence electrons. The standard InChI is InChI=1S/C23H25BrClN5O2/c1-14-11-28(18-9-5-16(24)6-10-18)22-26-20-19(29(22)12-14)21(31)30(23(32)27(20)2)13-15-3-7-17(25)8-4-15/h3-10,14,19-20,22,26H,11-13H2,1-2H3. The van der Waals surface area contributed by atoms with E-state index in [-0.39, 0.29) is 30.9 Å². The lowest BCUT2D eigenvalue weighted by atomic mass is 10.0. The smallest absolute Gasteiger partial charge is 0.328 e. The largest absolute Gasteiger partial charge is 0.343 e. The van der Waals surface area contributed by atoms with Gasteiger partial charge in [-0.05, 0) is 47.9 Å². The van der Waals surface area contributed by atoms with Crippen molar-refractivity contribution in [3.8, 4) is 0 Å². The maximum Gasteiger partial charge on any atom is 0.328 e. The van der Waals surface area contributed by atoms with Crippen LogP contribution in [-0.2, 0) is 11.3 Å². The Labute approximate surface area is 201 Å². The highest BCUT2D eigenvalue weighted by molar-refractivity contribution is 9.10. The molecule has 7 nitrogen and oxygen atoms in total. The van der Waals surface area contributed by atoms with Crippen LogP contribution in [0.15, 0.2) is 53.0 Å². The van der Waals surface area contributed by atoms with Gasteiger partial charge in [0.1, 0.15) is 18.5 Å². The Morgan fingerprint density at radius 3 is 2.44 bits per heavy atom. The van der Waals surface area contributed by atoms with Crippen LogP contribution in [-0.4, -0.2) is 65.3 Å². The van der Waals surface area contributed by atoms with Crippen LogP contribution in [0.5, 0.6) is 0 Å². The van der Waals surface area contributed by atoms with E-state index in [1.165, 1.54) is 4.90 Å². The number of carbonyl (C=O) groups excluding carboxylic acids is 2. The average molecular weight is 519 g/mol. The number of nitrogens with one attached hydrogen (secondary N) is 1. The molecule has 4 unspecified atom stereocenters. The molecule has 3 amide bonds. The molecule has 0 radical (unpaired) electrons. The van der Waals surface area contributed by atoms with Crippen LogP contribution < -0.4 is 10.2 Å². The Morgan fingerprint density at radius 2 is 1.75 bits per heavy atom. The zero-order valence-electron chi connectivity index (χ0n) is 17.9. The molecular weight excluding hydrogens is 494 g/mol. The van der Waals surface area contributed by atoms with Gasteiger partial charge in [0.25, 0.3) is 5.91 Å². The molecule has 3 saturated heterocycles. The Bertz CT molecular complexity index is 1030. The molecule has 0 aromatic heterocycles. The lowest BCUT2D eigenvalue weighted by Gasteiger charge is -2.46. The van der Waals surface area contributed by atoms with Crippen LogP contribution in [0, 0.1) is 5.92 Å². The van der Waals surface area contributed by atoms with E-state index in [4.69, 9.17) is 11.6 Å². The lowest BCUT2D eigenvalue weighted by Crippen LogP contribution is -2.66. The van der Waals surface area contributed by atoms with Crippen LogP contribution >= 0.6 is 27.5 Å². The third-order valence-electron chi connectivity index (χ3n) is 6.50. The minimum absolute atomic E-state index is 0.156. The fraction of sp³-hybridized carbons (Fsp3) is 0.391. The van der Waals surface area contributed by atoms with E-state index < -0.39 is 6.04 Å². The Morgan fingerprint density at radius 1 is 1.06 bits per heavy atom. The molecule has 4 atom stereocenters. The van der Waals surface area contributed by atoms with Crippen LogP contribution in [0.4, 0.5) is 10.5 Å². The molecule has 3 aliphatic rings. The van der Waals surface area contributed by atoms with E-state index >= 15 is 0 Å². The molecule has 0 bridgehead atoms.